The number of fused-ring (bicyclic) bond motifs is 1. The molecule has 0 spiro atoms. The van der Waals surface area contributed by atoms with Gasteiger partial charge in [0, 0.05) is 31.5 Å². The number of nitrogens with zero attached hydrogens (tertiary/aromatic N) is 4. The average Bonchev–Trinajstić information content (AvgIpc) is 3.00. The third-order valence-corrected chi connectivity index (χ3v) is 3.39. The SMILES string of the molecule is CCN(c1nccn2nccc12)C1CCNC1. The molecule has 0 saturated carbocycles. The van der Waals surface area contributed by atoms with E-state index in [0.29, 0.717) is 6.04 Å². The fraction of sp³-hybridized carbons (Fsp3) is 0.500. The van der Waals surface area contributed by atoms with E-state index in [4.69, 9.17) is 0 Å². The molecule has 0 aliphatic carbocycles. The van der Waals surface area contributed by atoms with E-state index in [1.165, 1.54) is 6.42 Å². The van der Waals surface area contributed by atoms with E-state index < -0.39 is 0 Å². The fourth-order valence-electron chi connectivity index (χ4n) is 2.55. The molecule has 1 saturated heterocycles. The van der Waals surface area contributed by atoms with E-state index in [-0.39, 0.29) is 0 Å². The lowest BCUT2D eigenvalue weighted by molar-refractivity contribution is 0.640. The Kier molecular flexibility index (Phi) is 2.68. The second-order valence-electron chi connectivity index (χ2n) is 4.34. The Bertz CT molecular complexity index is 500. The molecular weight excluding hydrogens is 214 g/mol. The van der Waals surface area contributed by atoms with Gasteiger partial charge in [0.2, 0.25) is 0 Å². The van der Waals surface area contributed by atoms with Gasteiger partial charge in [-0.25, -0.2) is 9.50 Å². The van der Waals surface area contributed by atoms with Crippen molar-refractivity contribution in [3.63, 3.8) is 0 Å². The summed E-state index contributed by atoms with van der Waals surface area (Å²) in [6.07, 6.45) is 6.71. The van der Waals surface area contributed by atoms with Crippen molar-refractivity contribution in [3.8, 4) is 0 Å². The van der Waals surface area contributed by atoms with Crippen molar-refractivity contribution in [2.24, 2.45) is 0 Å². The van der Waals surface area contributed by atoms with E-state index in [1.807, 2.05) is 29.2 Å². The van der Waals surface area contributed by atoms with E-state index in [0.717, 1.165) is 31.0 Å². The van der Waals surface area contributed by atoms with Gasteiger partial charge in [0.05, 0.1) is 6.20 Å². The van der Waals surface area contributed by atoms with Crippen LogP contribution in [-0.4, -0.2) is 40.3 Å². The highest BCUT2D eigenvalue weighted by atomic mass is 15.3. The van der Waals surface area contributed by atoms with Crippen molar-refractivity contribution in [2.75, 3.05) is 24.5 Å². The first-order chi connectivity index (χ1) is 8.40. The average molecular weight is 231 g/mol. The maximum atomic E-state index is 4.53. The van der Waals surface area contributed by atoms with Gasteiger partial charge in [0.25, 0.3) is 0 Å². The van der Waals surface area contributed by atoms with E-state index in [2.05, 4.69) is 27.2 Å². The maximum Gasteiger partial charge on any atom is 0.154 e. The minimum absolute atomic E-state index is 0.550. The summed E-state index contributed by atoms with van der Waals surface area (Å²) in [5.74, 6) is 1.04. The van der Waals surface area contributed by atoms with Crippen molar-refractivity contribution >= 4 is 11.3 Å². The van der Waals surface area contributed by atoms with Crippen molar-refractivity contribution < 1.29 is 0 Å². The van der Waals surface area contributed by atoms with Gasteiger partial charge in [-0.3, -0.25) is 0 Å². The van der Waals surface area contributed by atoms with Crippen molar-refractivity contribution in [1.29, 1.82) is 0 Å². The Morgan fingerprint density at radius 1 is 1.53 bits per heavy atom. The number of hydrogen-bond acceptors (Lipinski definition) is 4. The highest BCUT2D eigenvalue weighted by Crippen LogP contribution is 2.22. The van der Waals surface area contributed by atoms with E-state index >= 15 is 0 Å². The summed E-state index contributed by atoms with van der Waals surface area (Å²) in [6.45, 7) is 5.30. The first-order valence-corrected chi connectivity index (χ1v) is 6.16. The largest absolute Gasteiger partial charge is 0.351 e. The van der Waals surface area contributed by atoms with Gasteiger partial charge in [0.15, 0.2) is 5.82 Å². The van der Waals surface area contributed by atoms with Crippen LogP contribution >= 0.6 is 0 Å². The minimum Gasteiger partial charge on any atom is -0.351 e. The molecule has 5 heteroatoms. The van der Waals surface area contributed by atoms with Crippen LogP contribution in [0.5, 0.6) is 0 Å². The Labute approximate surface area is 100 Å². The summed E-state index contributed by atoms with van der Waals surface area (Å²) < 4.78 is 1.88. The quantitative estimate of drug-likeness (QED) is 0.853. The van der Waals surface area contributed by atoms with Crippen molar-refractivity contribution in [2.45, 2.75) is 19.4 Å². The molecule has 0 amide bonds. The minimum atomic E-state index is 0.550. The first-order valence-electron chi connectivity index (χ1n) is 6.16. The predicted octanol–water partition coefficient (Wildman–Crippen LogP) is 0.917. The third-order valence-electron chi connectivity index (χ3n) is 3.39. The van der Waals surface area contributed by atoms with Gasteiger partial charge in [-0.05, 0) is 26.0 Å². The third kappa shape index (κ3) is 1.76. The summed E-state index contributed by atoms with van der Waals surface area (Å²) >= 11 is 0. The second kappa shape index (κ2) is 4.33. The van der Waals surface area contributed by atoms with Crippen molar-refractivity contribution in [1.82, 2.24) is 19.9 Å². The molecule has 1 N–H and O–H groups in total. The molecule has 2 aromatic rings. The number of nitrogens with one attached hydrogen (secondary N) is 1. The lowest BCUT2D eigenvalue weighted by Crippen LogP contribution is -2.37. The number of aromatic nitrogens is 3. The zero-order valence-corrected chi connectivity index (χ0v) is 10.0. The van der Waals surface area contributed by atoms with Gasteiger partial charge in [-0.2, -0.15) is 5.10 Å². The molecule has 1 aliphatic heterocycles. The predicted molar refractivity (Wildman–Crippen MR) is 67.3 cm³/mol. The highest BCUT2D eigenvalue weighted by molar-refractivity contribution is 5.68. The van der Waals surface area contributed by atoms with Crippen LogP contribution in [0, 0.1) is 0 Å². The van der Waals surface area contributed by atoms with Gasteiger partial charge < -0.3 is 10.2 Å². The topological polar surface area (TPSA) is 45.5 Å². The van der Waals surface area contributed by atoms with Crippen LogP contribution < -0.4 is 10.2 Å². The standard InChI is InChI=1S/C12H17N5/c1-2-16(10-3-5-13-9-10)12-11-4-6-15-17(11)8-7-14-12/h4,6-8,10,13H,2-3,5,9H2,1H3. The monoisotopic (exact) mass is 231 g/mol. The van der Waals surface area contributed by atoms with Crippen LogP contribution in [0.4, 0.5) is 5.82 Å². The van der Waals surface area contributed by atoms with Crippen LogP contribution in [0.15, 0.2) is 24.7 Å². The number of hydrogen-bond donors (Lipinski definition) is 1. The molecular formula is C12H17N5. The van der Waals surface area contributed by atoms with Crippen LogP contribution in [0.3, 0.4) is 0 Å². The molecule has 1 aliphatic rings. The number of likely N-dealkylation sites (N-methyl/N-ethyl adjacent to an activating group) is 1. The molecule has 0 aromatic carbocycles. The Morgan fingerprint density at radius 2 is 2.47 bits per heavy atom. The Balaban J connectivity index is 2.02. The van der Waals surface area contributed by atoms with Gasteiger partial charge in [-0.15, -0.1) is 0 Å². The molecule has 1 fully saturated rings. The zero-order chi connectivity index (χ0) is 11.7. The summed E-state index contributed by atoms with van der Waals surface area (Å²) in [4.78, 5) is 6.90. The lowest BCUT2D eigenvalue weighted by Gasteiger charge is -2.28. The molecule has 2 aromatic heterocycles. The summed E-state index contributed by atoms with van der Waals surface area (Å²) in [6, 6.07) is 2.57. The Hall–Kier alpha value is -1.62. The normalized spacial score (nSPS) is 19.9. The van der Waals surface area contributed by atoms with Crippen LogP contribution in [-0.2, 0) is 0 Å². The second-order valence-corrected chi connectivity index (χ2v) is 4.34. The molecule has 1 atom stereocenters. The van der Waals surface area contributed by atoms with Crippen LogP contribution in [0.25, 0.3) is 5.52 Å². The molecule has 3 heterocycles. The van der Waals surface area contributed by atoms with E-state index in [1.54, 1.807) is 0 Å². The van der Waals surface area contributed by atoms with Crippen LogP contribution in [0.2, 0.25) is 0 Å². The lowest BCUT2D eigenvalue weighted by atomic mass is 10.2. The van der Waals surface area contributed by atoms with E-state index in [9.17, 15) is 0 Å². The van der Waals surface area contributed by atoms with Gasteiger partial charge >= 0.3 is 0 Å². The highest BCUT2D eigenvalue weighted by Gasteiger charge is 2.23. The molecule has 3 rings (SSSR count). The molecule has 17 heavy (non-hydrogen) atoms. The van der Waals surface area contributed by atoms with Crippen LogP contribution in [0.1, 0.15) is 13.3 Å². The molecule has 5 nitrogen and oxygen atoms in total. The fourth-order valence-corrected chi connectivity index (χ4v) is 2.55. The Morgan fingerprint density at radius 3 is 3.24 bits per heavy atom. The molecule has 0 bridgehead atoms. The summed E-state index contributed by atoms with van der Waals surface area (Å²) in [5.41, 5.74) is 1.08. The van der Waals surface area contributed by atoms with Crippen molar-refractivity contribution in [3.05, 3.63) is 24.7 Å². The number of rotatable bonds is 3. The van der Waals surface area contributed by atoms with Gasteiger partial charge in [-0.1, -0.05) is 0 Å². The summed E-state index contributed by atoms with van der Waals surface area (Å²) in [5, 5.41) is 7.66. The molecule has 0 radical (unpaired) electrons. The first kappa shape index (κ1) is 10.5. The molecule has 90 valence electrons. The number of anilines is 1. The zero-order valence-electron chi connectivity index (χ0n) is 10.0. The smallest absolute Gasteiger partial charge is 0.154 e. The van der Waals surface area contributed by atoms with Gasteiger partial charge in [0.1, 0.15) is 5.52 Å². The summed E-state index contributed by atoms with van der Waals surface area (Å²) in [7, 11) is 0. The molecule has 1 unspecified atom stereocenters. The maximum absolute atomic E-state index is 4.53.